The van der Waals surface area contributed by atoms with E-state index in [0.717, 1.165) is 4.68 Å². The monoisotopic (exact) mass is 262 g/mol. The van der Waals surface area contributed by atoms with E-state index in [2.05, 4.69) is 5.10 Å². The lowest BCUT2D eigenvalue weighted by molar-refractivity contribution is 0.0694. The summed E-state index contributed by atoms with van der Waals surface area (Å²) in [6, 6.07) is 6.04. The van der Waals surface area contributed by atoms with Gasteiger partial charge >= 0.3 is 5.97 Å². The van der Waals surface area contributed by atoms with Crippen LogP contribution in [0.5, 0.6) is 5.75 Å². The highest BCUT2D eigenvalue weighted by Crippen LogP contribution is 2.18. The number of hydrogen-bond donors (Lipinski definition) is 3. The molecule has 0 fully saturated rings. The van der Waals surface area contributed by atoms with Gasteiger partial charge < -0.3 is 10.2 Å². The van der Waals surface area contributed by atoms with Gasteiger partial charge in [0.1, 0.15) is 11.3 Å². The number of aromatic carboxylic acids is 1. The Hall–Kier alpha value is -2.50. The van der Waals surface area contributed by atoms with Crippen molar-refractivity contribution >= 4 is 5.97 Å². The summed E-state index contributed by atoms with van der Waals surface area (Å²) < 4.78 is 1.12. The molecule has 2 rings (SSSR count). The number of nitrogens with zero attached hydrogens (tertiary/aromatic N) is 1. The Labute approximate surface area is 108 Å². The minimum Gasteiger partial charge on any atom is -0.508 e. The highest BCUT2D eigenvalue weighted by molar-refractivity contribution is 5.88. The van der Waals surface area contributed by atoms with Crippen LogP contribution in [0.1, 0.15) is 35.8 Å². The van der Waals surface area contributed by atoms with E-state index in [1.165, 1.54) is 12.1 Å². The first kappa shape index (κ1) is 12.9. The maximum absolute atomic E-state index is 12.1. The highest BCUT2D eigenvalue weighted by atomic mass is 16.4. The quantitative estimate of drug-likeness (QED) is 0.784. The second kappa shape index (κ2) is 4.64. The maximum atomic E-state index is 12.1. The smallest absolute Gasteiger partial charge is 0.343 e. The number of phenolic OH excluding ortho intramolecular Hbond substituents is 1. The molecule has 0 radical (unpaired) electrons. The Morgan fingerprint density at radius 3 is 2.53 bits per heavy atom. The molecule has 1 aromatic carbocycles. The van der Waals surface area contributed by atoms with Gasteiger partial charge in [-0.15, -0.1) is 0 Å². The van der Waals surface area contributed by atoms with Crippen molar-refractivity contribution in [3.05, 3.63) is 45.9 Å². The van der Waals surface area contributed by atoms with Gasteiger partial charge in [0.2, 0.25) is 0 Å². The highest BCUT2D eigenvalue weighted by Gasteiger charge is 2.22. The normalized spacial score (nSPS) is 10.9. The molecule has 0 aliphatic rings. The number of aromatic amines is 1. The number of carboxylic acid groups (broad SMARTS) is 1. The molecule has 2 aromatic rings. The van der Waals surface area contributed by atoms with E-state index in [1.54, 1.807) is 26.0 Å². The van der Waals surface area contributed by atoms with Crippen LogP contribution in [0.3, 0.4) is 0 Å². The Balaban J connectivity index is 2.70. The SMILES string of the molecule is CC(C)c1[nH]n(-c2cccc(O)c2)c(=O)c1C(=O)O. The van der Waals surface area contributed by atoms with Crippen LogP contribution in [-0.4, -0.2) is 26.0 Å². The van der Waals surface area contributed by atoms with Crippen LogP contribution < -0.4 is 5.56 Å². The molecule has 0 unspecified atom stereocenters. The third kappa shape index (κ3) is 2.24. The van der Waals surface area contributed by atoms with Crippen LogP contribution in [0.25, 0.3) is 5.69 Å². The van der Waals surface area contributed by atoms with Crippen LogP contribution in [0, 0.1) is 0 Å². The number of hydrogen-bond acceptors (Lipinski definition) is 3. The van der Waals surface area contributed by atoms with Gasteiger partial charge in [0.05, 0.1) is 11.4 Å². The van der Waals surface area contributed by atoms with Gasteiger partial charge in [-0.25, -0.2) is 9.48 Å². The first-order valence-electron chi connectivity index (χ1n) is 5.79. The molecule has 0 amide bonds. The van der Waals surface area contributed by atoms with Crippen molar-refractivity contribution < 1.29 is 15.0 Å². The van der Waals surface area contributed by atoms with Gasteiger partial charge in [0.15, 0.2) is 0 Å². The van der Waals surface area contributed by atoms with Crippen LogP contribution in [0.2, 0.25) is 0 Å². The molecule has 100 valence electrons. The molecule has 0 aliphatic carbocycles. The van der Waals surface area contributed by atoms with Crippen molar-refractivity contribution in [1.82, 2.24) is 9.78 Å². The standard InChI is InChI=1S/C13H14N2O4/c1-7(2)11-10(13(18)19)12(17)15(14-11)8-4-3-5-9(16)6-8/h3-7,14,16H,1-2H3,(H,18,19). The molecule has 0 spiro atoms. The van der Waals surface area contributed by atoms with Gasteiger partial charge in [-0.2, -0.15) is 0 Å². The second-order valence-corrected chi connectivity index (χ2v) is 4.52. The Morgan fingerprint density at radius 2 is 2.05 bits per heavy atom. The third-order valence-corrected chi connectivity index (χ3v) is 2.80. The summed E-state index contributed by atoms with van der Waals surface area (Å²) in [6.45, 7) is 3.59. The van der Waals surface area contributed by atoms with Gasteiger partial charge in [0, 0.05) is 6.07 Å². The second-order valence-electron chi connectivity index (χ2n) is 4.52. The molecule has 0 bridgehead atoms. The molecular weight excluding hydrogens is 248 g/mol. The summed E-state index contributed by atoms with van der Waals surface area (Å²) >= 11 is 0. The van der Waals surface area contributed by atoms with Crippen LogP contribution in [0.4, 0.5) is 0 Å². The molecule has 1 heterocycles. The summed E-state index contributed by atoms with van der Waals surface area (Å²) in [7, 11) is 0. The van der Waals surface area contributed by atoms with Gasteiger partial charge in [-0.05, 0) is 18.1 Å². The van der Waals surface area contributed by atoms with E-state index < -0.39 is 11.5 Å². The fourth-order valence-corrected chi connectivity index (χ4v) is 1.89. The zero-order valence-electron chi connectivity index (χ0n) is 10.5. The summed E-state index contributed by atoms with van der Waals surface area (Å²) in [5.41, 5.74) is -0.152. The topological polar surface area (TPSA) is 95.3 Å². The van der Waals surface area contributed by atoms with Gasteiger partial charge in [0.25, 0.3) is 5.56 Å². The minimum atomic E-state index is -1.26. The van der Waals surface area contributed by atoms with Crippen LogP contribution in [-0.2, 0) is 0 Å². The number of carbonyl (C=O) groups is 1. The Bertz CT molecular complexity index is 682. The average molecular weight is 262 g/mol. The molecule has 0 saturated heterocycles. The lowest BCUT2D eigenvalue weighted by Gasteiger charge is -2.04. The molecule has 3 N–H and O–H groups in total. The number of aromatic hydroxyl groups is 1. The maximum Gasteiger partial charge on any atom is 0.343 e. The molecule has 6 heteroatoms. The number of benzene rings is 1. The first-order valence-corrected chi connectivity index (χ1v) is 5.79. The third-order valence-electron chi connectivity index (χ3n) is 2.80. The largest absolute Gasteiger partial charge is 0.508 e. The van der Waals surface area contributed by atoms with E-state index in [1.807, 2.05) is 0 Å². The zero-order chi connectivity index (χ0) is 14.2. The molecule has 0 atom stereocenters. The fourth-order valence-electron chi connectivity index (χ4n) is 1.89. The number of nitrogens with one attached hydrogen (secondary N) is 1. The van der Waals surface area contributed by atoms with E-state index in [9.17, 15) is 14.7 Å². The average Bonchev–Trinajstić information content (AvgIpc) is 2.67. The number of aromatic nitrogens is 2. The molecular formula is C13H14N2O4. The predicted octanol–water partition coefficient (Wildman–Crippen LogP) is 1.69. The van der Waals surface area contributed by atoms with Crippen molar-refractivity contribution in [3.63, 3.8) is 0 Å². The molecule has 0 aliphatic heterocycles. The van der Waals surface area contributed by atoms with Crippen molar-refractivity contribution in [2.45, 2.75) is 19.8 Å². The summed E-state index contributed by atoms with van der Waals surface area (Å²) in [6.07, 6.45) is 0. The van der Waals surface area contributed by atoms with Crippen LogP contribution >= 0.6 is 0 Å². The molecule has 19 heavy (non-hydrogen) atoms. The first-order chi connectivity index (χ1) is 8.91. The minimum absolute atomic E-state index is 0.00183. The van der Waals surface area contributed by atoms with Crippen molar-refractivity contribution in [1.29, 1.82) is 0 Å². The number of phenols is 1. The summed E-state index contributed by atoms with van der Waals surface area (Å²) in [4.78, 5) is 23.3. The molecule has 6 nitrogen and oxygen atoms in total. The molecule has 0 saturated carbocycles. The Kier molecular flexibility index (Phi) is 3.16. The van der Waals surface area contributed by atoms with Crippen molar-refractivity contribution in [2.75, 3.05) is 0 Å². The predicted molar refractivity (Wildman–Crippen MR) is 69.1 cm³/mol. The van der Waals surface area contributed by atoms with E-state index >= 15 is 0 Å². The number of H-pyrrole nitrogens is 1. The Morgan fingerprint density at radius 1 is 1.37 bits per heavy atom. The van der Waals surface area contributed by atoms with E-state index in [4.69, 9.17) is 5.11 Å². The van der Waals surface area contributed by atoms with E-state index in [-0.39, 0.29) is 17.2 Å². The zero-order valence-corrected chi connectivity index (χ0v) is 10.5. The molecule has 1 aromatic heterocycles. The lowest BCUT2D eigenvalue weighted by atomic mass is 10.1. The van der Waals surface area contributed by atoms with Crippen molar-refractivity contribution in [3.8, 4) is 11.4 Å². The summed E-state index contributed by atoms with van der Waals surface area (Å²) in [5, 5.41) is 21.3. The fraction of sp³-hybridized carbons (Fsp3) is 0.231. The van der Waals surface area contributed by atoms with Crippen molar-refractivity contribution in [2.24, 2.45) is 0 Å². The van der Waals surface area contributed by atoms with Gasteiger partial charge in [-0.3, -0.25) is 9.89 Å². The number of carboxylic acids is 1. The van der Waals surface area contributed by atoms with Crippen LogP contribution in [0.15, 0.2) is 29.1 Å². The lowest BCUT2D eigenvalue weighted by Crippen LogP contribution is -2.20. The van der Waals surface area contributed by atoms with Gasteiger partial charge in [-0.1, -0.05) is 19.9 Å². The number of rotatable bonds is 3. The van der Waals surface area contributed by atoms with E-state index in [0.29, 0.717) is 11.4 Å². The summed E-state index contributed by atoms with van der Waals surface area (Å²) in [5.74, 6) is -1.39.